The van der Waals surface area contributed by atoms with E-state index in [-0.39, 0.29) is 52.5 Å². The lowest BCUT2D eigenvalue weighted by atomic mass is 10.1. The van der Waals surface area contributed by atoms with Crippen molar-refractivity contribution in [2.45, 2.75) is 39.8 Å². The number of aromatic nitrogens is 3. The number of esters is 1. The molecule has 0 bridgehead atoms. The zero-order valence-corrected chi connectivity index (χ0v) is 23.2. The van der Waals surface area contributed by atoms with Crippen LogP contribution in [-0.2, 0) is 16.0 Å². The molecule has 3 aromatic heterocycles. The van der Waals surface area contributed by atoms with Crippen LogP contribution < -0.4 is 20.5 Å². The molecule has 0 spiro atoms. The van der Waals surface area contributed by atoms with E-state index in [1.54, 1.807) is 42.0 Å². The van der Waals surface area contributed by atoms with Crippen molar-refractivity contribution in [3.63, 3.8) is 0 Å². The number of hydrogen-bond donors (Lipinski definition) is 0. The number of carbonyl (C=O) groups is 2. The van der Waals surface area contributed by atoms with Gasteiger partial charge in [0, 0.05) is 31.0 Å². The molecule has 40 heavy (non-hydrogen) atoms. The van der Waals surface area contributed by atoms with Crippen LogP contribution in [0, 0.1) is 0 Å². The predicted molar refractivity (Wildman–Crippen MR) is 148 cm³/mol. The quantitative estimate of drug-likeness (QED) is 0.168. The summed E-state index contributed by atoms with van der Waals surface area (Å²) in [7, 11) is 2.95. The molecule has 11 nitrogen and oxygen atoms in total. The van der Waals surface area contributed by atoms with Crippen LogP contribution in [0.3, 0.4) is 0 Å². The van der Waals surface area contributed by atoms with E-state index in [1.165, 1.54) is 36.8 Å². The van der Waals surface area contributed by atoms with Crippen molar-refractivity contribution in [3.8, 4) is 11.5 Å². The maximum absolute atomic E-state index is 13.5. The van der Waals surface area contributed by atoms with Gasteiger partial charge in [-0.05, 0) is 57.5 Å². The smallest absolute Gasteiger partial charge is 0.341 e. The number of methoxy groups -OCH3 is 2. The number of rotatable bonds is 10. The number of hydrogen-bond acceptors (Lipinski definition) is 8. The number of amides is 1. The van der Waals surface area contributed by atoms with Crippen LogP contribution in [0.2, 0.25) is 0 Å². The third kappa shape index (κ3) is 6.04. The molecule has 1 amide bonds. The normalized spacial score (nSPS) is 11.8. The van der Waals surface area contributed by atoms with Crippen LogP contribution in [0.1, 0.15) is 47.9 Å². The Hall–Kier alpha value is -4.51. The Bertz CT molecular complexity index is 1670. The first kappa shape index (κ1) is 28.5. The highest BCUT2D eigenvalue weighted by atomic mass is 16.5. The van der Waals surface area contributed by atoms with Crippen molar-refractivity contribution in [2.24, 2.45) is 4.99 Å². The van der Waals surface area contributed by atoms with Crippen LogP contribution in [0.25, 0.3) is 16.7 Å². The van der Waals surface area contributed by atoms with Gasteiger partial charge in [-0.25, -0.2) is 9.78 Å². The molecule has 0 atom stereocenters. The highest BCUT2D eigenvalue weighted by molar-refractivity contribution is 5.97. The van der Waals surface area contributed by atoms with Crippen molar-refractivity contribution in [2.75, 3.05) is 27.4 Å². The zero-order chi connectivity index (χ0) is 28.8. The molecule has 0 N–H and O–H groups in total. The van der Waals surface area contributed by atoms with E-state index < -0.39 is 11.9 Å². The predicted octanol–water partition coefficient (Wildman–Crippen LogP) is 3.40. The van der Waals surface area contributed by atoms with Gasteiger partial charge in [-0.2, -0.15) is 4.99 Å². The zero-order valence-electron chi connectivity index (χ0n) is 23.2. The average molecular weight is 549 g/mol. The molecular formula is C29H32N4O7. The molecule has 0 fully saturated rings. The second-order valence-corrected chi connectivity index (χ2v) is 9.13. The van der Waals surface area contributed by atoms with Gasteiger partial charge in [-0.1, -0.05) is 6.07 Å². The summed E-state index contributed by atoms with van der Waals surface area (Å²) in [6, 6.07) is 11.3. The van der Waals surface area contributed by atoms with Gasteiger partial charge in [0.05, 0.1) is 32.3 Å². The minimum atomic E-state index is -0.719. The second-order valence-electron chi connectivity index (χ2n) is 9.13. The highest BCUT2D eigenvalue weighted by Crippen LogP contribution is 2.23. The third-order valence-corrected chi connectivity index (χ3v) is 6.07. The number of nitrogens with zero attached hydrogens (tertiary/aromatic N) is 4. The van der Waals surface area contributed by atoms with E-state index >= 15 is 0 Å². The topological polar surface area (TPSA) is 123 Å². The van der Waals surface area contributed by atoms with E-state index in [0.717, 1.165) is 0 Å². The Kier molecular flexibility index (Phi) is 8.95. The Labute approximate surface area is 230 Å². The molecule has 0 aliphatic heterocycles. The lowest BCUT2D eigenvalue weighted by molar-refractivity contribution is 0.0523. The van der Waals surface area contributed by atoms with E-state index in [0.29, 0.717) is 30.2 Å². The summed E-state index contributed by atoms with van der Waals surface area (Å²) >= 11 is 0. The van der Waals surface area contributed by atoms with Gasteiger partial charge in [0.15, 0.2) is 5.49 Å². The van der Waals surface area contributed by atoms with Crippen molar-refractivity contribution in [1.82, 2.24) is 14.0 Å². The minimum Gasteiger partial charge on any atom is -0.497 e. The van der Waals surface area contributed by atoms with Gasteiger partial charge in [0.25, 0.3) is 11.5 Å². The second kappa shape index (κ2) is 12.6. The number of carbonyl (C=O) groups excluding carboxylic acids is 2. The molecule has 0 aliphatic carbocycles. The van der Waals surface area contributed by atoms with E-state index in [1.807, 2.05) is 13.8 Å². The summed E-state index contributed by atoms with van der Waals surface area (Å²) in [6.45, 7) is 6.29. The Morgan fingerprint density at radius 3 is 2.42 bits per heavy atom. The van der Waals surface area contributed by atoms with Crippen molar-refractivity contribution in [1.29, 1.82) is 0 Å². The fourth-order valence-corrected chi connectivity index (χ4v) is 4.20. The molecule has 0 aliphatic rings. The minimum absolute atomic E-state index is 0.0214. The summed E-state index contributed by atoms with van der Waals surface area (Å²) in [5, 5.41) is 0.186. The monoisotopic (exact) mass is 548 g/mol. The molecule has 11 heteroatoms. The van der Waals surface area contributed by atoms with Gasteiger partial charge in [-0.3, -0.25) is 14.0 Å². The van der Waals surface area contributed by atoms with Gasteiger partial charge in [-0.15, -0.1) is 0 Å². The SMILES string of the molecule is CCOC(=O)c1cc2c(=O)n3ccccc3nc2n(CCCOC(C)C)c1=NC(=O)c1cc(OC)cc(OC)c1. The van der Waals surface area contributed by atoms with Gasteiger partial charge in [0.1, 0.15) is 28.4 Å². The number of benzene rings is 1. The first-order valence-electron chi connectivity index (χ1n) is 12.9. The van der Waals surface area contributed by atoms with Crippen molar-refractivity contribution in [3.05, 3.63) is 75.6 Å². The summed E-state index contributed by atoms with van der Waals surface area (Å²) in [5.74, 6) is -0.556. The van der Waals surface area contributed by atoms with E-state index in [9.17, 15) is 14.4 Å². The van der Waals surface area contributed by atoms with E-state index in [2.05, 4.69) is 4.99 Å². The Morgan fingerprint density at radius 1 is 1.05 bits per heavy atom. The van der Waals surface area contributed by atoms with Crippen LogP contribution in [0.15, 0.2) is 58.4 Å². The number of fused-ring (bicyclic) bond motifs is 2. The van der Waals surface area contributed by atoms with Crippen molar-refractivity contribution < 1.29 is 28.5 Å². The fraction of sp³-hybridized carbons (Fsp3) is 0.345. The van der Waals surface area contributed by atoms with Gasteiger partial charge < -0.3 is 23.5 Å². The molecular weight excluding hydrogens is 516 g/mol. The first-order valence-corrected chi connectivity index (χ1v) is 12.9. The van der Waals surface area contributed by atoms with Crippen LogP contribution >= 0.6 is 0 Å². The summed E-state index contributed by atoms with van der Waals surface area (Å²) in [5.41, 5.74) is 0.502. The summed E-state index contributed by atoms with van der Waals surface area (Å²) in [6.07, 6.45) is 2.13. The fourth-order valence-electron chi connectivity index (χ4n) is 4.20. The molecule has 3 heterocycles. The lowest BCUT2D eigenvalue weighted by Gasteiger charge is -2.16. The first-order chi connectivity index (χ1) is 19.3. The lowest BCUT2D eigenvalue weighted by Crippen LogP contribution is -2.33. The average Bonchev–Trinajstić information content (AvgIpc) is 2.95. The van der Waals surface area contributed by atoms with Gasteiger partial charge >= 0.3 is 5.97 Å². The van der Waals surface area contributed by atoms with Crippen LogP contribution in [-0.4, -0.2) is 59.4 Å². The number of aryl methyl sites for hydroxylation is 1. The number of ether oxygens (including phenoxy) is 4. The Balaban J connectivity index is 2.03. The molecule has 210 valence electrons. The highest BCUT2D eigenvalue weighted by Gasteiger charge is 2.21. The maximum Gasteiger partial charge on any atom is 0.341 e. The summed E-state index contributed by atoms with van der Waals surface area (Å²) < 4.78 is 24.6. The molecule has 0 radical (unpaired) electrons. The van der Waals surface area contributed by atoms with Gasteiger partial charge in [0.2, 0.25) is 0 Å². The molecule has 4 aromatic rings. The summed E-state index contributed by atoms with van der Waals surface area (Å²) in [4.78, 5) is 49.3. The molecule has 0 saturated heterocycles. The number of pyridine rings is 2. The molecule has 1 aromatic carbocycles. The standard InChI is InChI=1S/C29H32N4O7/c1-6-39-29(36)23-17-22-25(30-24-10-7-8-11-32(24)28(22)35)33(12-9-13-40-18(2)3)26(23)31-27(34)19-14-20(37-4)16-21(15-19)38-5/h7-8,10-11,14-18H,6,9,12-13H2,1-5H3. The van der Waals surface area contributed by atoms with E-state index in [4.69, 9.17) is 23.9 Å². The molecule has 0 saturated carbocycles. The molecule has 4 rings (SSSR count). The van der Waals surface area contributed by atoms with Crippen LogP contribution in [0.4, 0.5) is 0 Å². The maximum atomic E-state index is 13.5. The van der Waals surface area contributed by atoms with Crippen LogP contribution in [0.5, 0.6) is 11.5 Å². The van der Waals surface area contributed by atoms with Crippen molar-refractivity contribution >= 4 is 28.6 Å². The largest absolute Gasteiger partial charge is 0.497 e. The Morgan fingerprint density at radius 2 is 1.77 bits per heavy atom. The third-order valence-electron chi connectivity index (χ3n) is 6.07. The molecule has 0 unspecified atom stereocenters.